The number of aliphatic hydroxyl groups is 3. The van der Waals surface area contributed by atoms with Gasteiger partial charge in [0.05, 0.1) is 64.2 Å². The molecule has 0 aliphatic heterocycles. The summed E-state index contributed by atoms with van der Waals surface area (Å²) in [6.07, 6.45) is 15.9. The van der Waals surface area contributed by atoms with Crippen molar-refractivity contribution in [1.29, 1.82) is 0 Å². The first-order chi connectivity index (χ1) is 58.0. The normalized spacial score (nSPS) is 11.1. The first-order valence-electron chi connectivity index (χ1n) is 46.3. The van der Waals surface area contributed by atoms with Crippen LogP contribution in [-0.4, -0.2) is 193 Å². The lowest BCUT2D eigenvalue weighted by Crippen LogP contribution is -2.47. The lowest BCUT2D eigenvalue weighted by atomic mass is 9.90. The molecule has 3 atom stereocenters. The smallest absolute Gasteiger partial charge is 0.412 e. The van der Waals surface area contributed by atoms with Gasteiger partial charge in [-0.25, -0.2) is 38.4 Å². The Labute approximate surface area is 764 Å². The van der Waals surface area contributed by atoms with Crippen LogP contribution in [0.3, 0.4) is 0 Å². The predicted octanol–water partition coefficient (Wildman–Crippen LogP) is 23.1. The van der Waals surface area contributed by atoms with E-state index in [1.54, 1.807) is 13.8 Å². The highest BCUT2D eigenvalue weighted by Gasteiger charge is 2.30. The van der Waals surface area contributed by atoms with Crippen molar-refractivity contribution in [3.8, 4) is 0 Å². The maximum absolute atomic E-state index is 11.4. The number of amides is 7. The van der Waals surface area contributed by atoms with Crippen LogP contribution in [0.25, 0.3) is 0 Å². The van der Waals surface area contributed by atoms with Crippen molar-refractivity contribution in [3.05, 3.63) is 24.5 Å². The summed E-state index contributed by atoms with van der Waals surface area (Å²) in [6.45, 7) is 85.4. The Hall–Kier alpha value is -7.02. The number of nitrogens with one attached hydrogen (secondary N) is 7. The summed E-state index contributed by atoms with van der Waals surface area (Å²) in [6, 6.07) is 0. The van der Waals surface area contributed by atoms with Gasteiger partial charge in [0.15, 0.2) is 5.78 Å². The van der Waals surface area contributed by atoms with Crippen LogP contribution < -0.4 is 37.2 Å². The third-order valence-electron chi connectivity index (χ3n) is 19.3. The Balaban J connectivity index is -0.0000001000. The number of rotatable bonds is 41. The molecule has 0 heterocycles. The molecule has 0 aromatic carbocycles. The molecule has 0 aliphatic rings. The molecule has 0 saturated heterocycles. The molecule has 0 radical (unpaired) electrons. The highest BCUT2D eigenvalue weighted by atomic mass is 17.2. The number of ketones is 2. The third kappa shape index (κ3) is 106. The highest BCUT2D eigenvalue weighted by molar-refractivity contribution is 5.80. The van der Waals surface area contributed by atoms with Gasteiger partial charge in [0.2, 0.25) is 0 Å². The zero-order chi connectivity index (χ0) is 101. The fourth-order valence-corrected chi connectivity index (χ4v) is 8.67. The number of ether oxygens (including phenoxy) is 8. The molecular formula is C95H199N7O23. The van der Waals surface area contributed by atoms with Gasteiger partial charge in [-0.05, 0) is 225 Å². The molecule has 0 fully saturated rings. The van der Waals surface area contributed by atoms with Crippen molar-refractivity contribution in [2.45, 2.75) is 475 Å². The van der Waals surface area contributed by atoms with Crippen molar-refractivity contribution in [2.75, 3.05) is 53.8 Å². The fourth-order valence-electron chi connectivity index (χ4n) is 8.67. The lowest BCUT2D eigenvalue weighted by molar-refractivity contribution is -0.279. The number of allylic oxidation sites excluding steroid dienone is 2. The van der Waals surface area contributed by atoms with Gasteiger partial charge in [-0.2, -0.15) is 4.89 Å². The van der Waals surface area contributed by atoms with Crippen LogP contribution in [0.5, 0.6) is 0 Å². The highest BCUT2D eigenvalue weighted by Crippen LogP contribution is 2.22. The first-order valence-corrected chi connectivity index (χ1v) is 46.3. The molecular weight excluding hydrogens is 1610 g/mol. The van der Waals surface area contributed by atoms with E-state index in [-0.39, 0.29) is 106 Å². The van der Waals surface area contributed by atoms with Crippen LogP contribution in [0.2, 0.25) is 0 Å². The van der Waals surface area contributed by atoms with Crippen molar-refractivity contribution >= 4 is 60.2 Å². The van der Waals surface area contributed by atoms with Crippen molar-refractivity contribution in [1.82, 2.24) is 37.2 Å². The van der Waals surface area contributed by atoms with E-state index in [2.05, 4.69) is 178 Å². The molecule has 3 unspecified atom stereocenters. The maximum Gasteiger partial charge on any atom is 0.412 e. The molecule has 0 saturated carbocycles. The Morgan fingerprint density at radius 1 is 0.384 bits per heavy atom. The molecule has 0 bridgehead atoms. The summed E-state index contributed by atoms with van der Waals surface area (Å²) in [5.74, 6) is 0.173. The average molecular weight is 1810 g/mol. The van der Waals surface area contributed by atoms with Crippen LogP contribution >= 0.6 is 0 Å². The van der Waals surface area contributed by atoms with Gasteiger partial charge in [0.25, 0.3) is 0 Å². The molecule has 0 aliphatic carbocycles. The predicted molar refractivity (Wildman–Crippen MR) is 513 cm³/mol. The summed E-state index contributed by atoms with van der Waals surface area (Å²) in [5, 5.41) is 46.3. The lowest BCUT2D eigenvalue weighted by Gasteiger charge is -2.31. The van der Waals surface area contributed by atoms with E-state index >= 15 is 0 Å². The Kier molecular flexibility index (Phi) is 113. The van der Waals surface area contributed by atoms with Gasteiger partial charge in [-0.15, -0.1) is 6.58 Å². The minimum absolute atomic E-state index is 0.0378. The first kappa shape index (κ1) is 146. The van der Waals surface area contributed by atoms with E-state index in [1.165, 1.54) is 40.1 Å². The summed E-state index contributed by atoms with van der Waals surface area (Å²) >= 11 is 0. The quantitative estimate of drug-likeness (QED) is 0.00893. The van der Waals surface area contributed by atoms with Gasteiger partial charge < -0.3 is 90.4 Å². The van der Waals surface area contributed by atoms with Crippen molar-refractivity contribution in [3.63, 3.8) is 0 Å². The van der Waals surface area contributed by atoms with E-state index in [0.29, 0.717) is 57.4 Å². The summed E-state index contributed by atoms with van der Waals surface area (Å²) < 4.78 is 38.3. The monoisotopic (exact) mass is 1810 g/mol. The van der Waals surface area contributed by atoms with Gasteiger partial charge in [-0.3, -0.25) is 14.5 Å². The molecule has 30 heteroatoms. The number of Topliss-reactive ketones (excluding diaryl/α,β-unsaturated/α-hetero) is 2. The molecule has 0 aromatic heterocycles. The Morgan fingerprint density at radius 2 is 0.672 bits per heavy atom. The van der Waals surface area contributed by atoms with Crippen molar-refractivity contribution in [2.24, 2.45) is 5.92 Å². The van der Waals surface area contributed by atoms with E-state index < -0.39 is 24.3 Å². The van der Waals surface area contributed by atoms with Crippen LogP contribution in [0.4, 0.5) is 33.6 Å². The SMILES string of the molecule is C=C(C)C.C=C(C)OC(=O)NCCC.CC(=O)C(O)C(C)C.CCC.CCC(C)(CC)NC(=O)OC.CCC(C)(CC)NC(=O)OC(C)C.CCC(CC)(CC)NC(=O)OC.CCC(CC)(CC)NC(=O)OC(C)C.CCC(O)COOC(C)=O.CCCC(=O)CC.CCOC(=O)NC(C)(CC)CC.CCOC(=O)NC(CC)(CC)CC.CCOCC(O)CC. The second-order valence-electron chi connectivity index (χ2n) is 31.4. The number of hydrogen-bond acceptors (Lipinski definition) is 23. The van der Waals surface area contributed by atoms with Crippen LogP contribution in [0, 0.1) is 5.92 Å². The van der Waals surface area contributed by atoms with Gasteiger partial charge >= 0.3 is 48.6 Å². The molecule has 30 nitrogen and oxygen atoms in total. The molecule has 125 heavy (non-hydrogen) atoms. The number of methoxy groups -OCH3 is 2. The van der Waals surface area contributed by atoms with Gasteiger partial charge in [-0.1, -0.05) is 185 Å². The van der Waals surface area contributed by atoms with E-state index in [9.17, 15) is 47.9 Å². The van der Waals surface area contributed by atoms with Crippen LogP contribution in [0.1, 0.15) is 411 Å². The minimum Gasteiger partial charge on any atom is -0.453 e. The Bertz CT molecular complexity index is 2540. The number of carbonyl (C=O) groups excluding carboxylic acids is 10. The standard InChI is InChI=1S/C11H23NO2.2C10H21NO2.2C9H19NO2.C8H17NO2.C7H13NO2.C6H12O4.C6H12O2.C6H14O2.C6H12O.C4H8.C3H8/c1-6-11(7-2,8-3)12-10(13)14-9(4)5;1-6-10(5,7-2)11-9(12)13-8(3)4;1-5-10(6-2,7-3)11-9(12)13-8-4;1-5-9(6-2,7-3)10-8(11)12-4;1-5-9(4,6-2)10-8(11)12-7-3;1-5-8(3,6-2)9-7(10)11-4;1-4-5-8-7(9)10-6(2)3;1-3-6(8)4-9-10-5(2)7;1-4(2)6(8)5(3)7;1-3-6(7)5-8-4-2;1-3-5-6(7)4-2;1-4(2)3;1-3-2/h9H,6-8H2,1-5H3,(H,12,13);8H,6-7H2,1-5H3,(H,11,12);5-8H2,1-4H3,(H,11,12);2*5-7H2,1-4H3,(H,10,11);5-6H2,1-4H3,(H,9,10);2,4-5H2,1,3H3,(H,8,9);6,8H,3-4H2,1-2H3;4,6,8H,1-3H3;6-7H,3-5H2,1-2H3;3-5H2,1-2H3;1H2,2-3H3;3H2,1-2H3. The van der Waals surface area contributed by atoms with Crippen molar-refractivity contribution < 1.29 is 111 Å². The molecule has 0 aromatic rings. The maximum atomic E-state index is 11.4. The number of alkyl carbamates (subject to hydrolysis) is 7. The number of aliphatic hydroxyl groups excluding tert-OH is 3. The summed E-state index contributed by atoms with van der Waals surface area (Å²) in [7, 11) is 2.77. The average Bonchev–Trinajstić information content (AvgIpc) is 0.867. The van der Waals surface area contributed by atoms with E-state index in [1.807, 2.05) is 138 Å². The number of hydrogen-bond donors (Lipinski definition) is 10. The summed E-state index contributed by atoms with van der Waals surface area (Å²) in [5.41, 5.74) is 0.552. The third-order valence-corrected chi connectivity index (χ3v) is 19.3. The second kappa shape index (κ2) is 96.1. The van der Waals surface area contributed by atoms with Crippen LogP contribution in [0.15, 0.2) is 24.5 Å². The molecule has 7 amide bonds. The van der Waals surface area contributed by atoms with E-state index in [0.717, 1.165) is 122 Å². The van der Waals surface area contributed by atoms with Gasteiger partial charge in [0.1, 0.15) is 18.5 Å². The molecule has 10 N–H and O–H groups in total. The molecule has 0 rings (SSSR count). The fraction of sp³-hybridized carbons (Fsp3) is 0.853. The Morgan fingerprint density at radius 3 is 0.896 bits per heavy atom. The van der Waals surface area contributed by atoms with Gasteiger partial charge in [0, 0.05) is 66.2 Å². The molecule has 752 valence electrons. The zero-order valence-electron chi connectivity index (χ0n) is 87.7. The second-order valence-corrected chi connectivity index (χ2v) is 31.4. The zero-order valence-corrected chi connectivity index (χ0v) is 87.7. The largest absolute Gasteiger partial charge is 0.453 e. The minimum atomic E-state index is -0.769. The number of carbonyl (C=O) groups is 10. The summed E-state index contributed by atoms with van der Waals surface area (Å²) in [4.78, 5) is 117. The van der Waals surface area contributed by atoms with Crippen LogP contribution in [-0.2, 0) is 62.1 Å². The van der Waals surface area contributed by atoms with E-state index in [4.69, 9.17) is 39.0 Å². The topological polar surface area (TPSA) is 408 Å². The molecule has 0 spiro atoms.